The fraction of sp³-hybridized carbons (Fsp3) is 0.474. The summed E-state index contributed by atoms with van der Waals surface area (Å²) < 4.78 is 30.8. The standard InChI is InChI=1S/C19H26N2O5S/c1-3-14-27(24,25)21-13-5-6-17(21)19(23)20-16-10-7-15(8-11-16)9-12-18(22)26-4-2/h7-12,17H,3-6,13-14H2,1-2H3,(H,20,23)/b12-9+. The van der Waals surface area contributed by atoms with Gasteiger partial charge in [0.1, 0.15) is 6.04 Å². The van der Waals surface area contributed by atoms with Gasteiger partial charge in [0.25, 0.3) is 0 Å². The summed E-state index contributed by atoms with van der Waals surface area (Å²) in [4.78, 5) is 23.9. The van der Waals surface area contributed by atoms with Gasteiger partial charge < -0.3 is 10.1 Å². The molecule has 1 amide bonds. The van der Waals surface area contributed by atoms with Gasteiger partial charge in [-0.25, -0.2) is 13.2 Å². The second kappa shape index (κ2) is 9.66. The zero-order valence-corrected chi connectivity index (χ0v) is 16.5. The highest BCUT2D eigenvalue weighted by atomic mass is 32.2. The molecule has 1 aliphatic rings. The van der Waals surface area contributed by atoms with Crippen LogP contribution in [0.15, 0.2) is 30.3 Å². The highest BCUT2D eigenvalue weighted by molar-refractivity contribution is 7.89. The van der Waals surface area contributed by atoms with Crippen molar-refractivity contribution in [3.05, 3.63) is 35.9 Å². The monoisotopic (exact) mass is 394 g/mol. The Morgan fingerprint density at radius 3 is 2.59 bits per heavy atom. The smallest absolute Gasteiger partial charge is 0.330 e. The van der Waals surface area contributed by atoms with Crippen LogP contribution in [0.5, 0.6) is 0 Å². The molecule has 148 valence electrons. The lowest BCUT2D eigenvalue weighted by molar-refractivity contribution is -0.137. The Labute approximate surface area is 160 Å². The summed E-state index contributed by atoms with van der Waals surface area (Å²) in [6, 6.07) is 6.27. The van der Waals surface area contributed by atoms with E-state index in [0.717, 1.165) is 5.56 Å². The number of benzene rings is 1. The van der Waals surface area contributed by atoms with Gasteiger partial charge in [-0.1, -0.05) is 19.1 Å². The van der Waals surface area contributed by atoms with E-state index < -0.39 is 22.0 Å². The first-order valence-electron chi connectivity index (χ1n) is 9.12. The number of rotatable bonds is 8. The van der Waals surface area contributed by atoms with Gasteiger partial charge >= 0.3 is 5.97 Å². The van der Waals surface area contributed by atoms with Crippen LogP contribution in [0.1, 0.15) is 38.7 Å². The Morgan fingerprint density at radius 1 is 1.26 bits per heavy atom. The average Bonchev–Trinajstić information content (AvgIpc) is 3.12. The number of nitrogens with zero attached hydrogens (tertiary/aromatic N) is 1. The quantitative estimate of drug-likeness (QED) is 0.540. The van der Waals surface area contributed by atoms with E-state index in [2.05, 4.69) is 5.32 Å². The van der Waals surface area contributed by atoms with Crippen molar-refractivity contribution in [3.8, 4) is 0 Å². The van der Waals surface area contributed by atoms with Crippen molar-refractivity contribution in [1.82, 2.24) is 4.31 Å². The zero-order valence-electron chi connectivity index (χ0n) is 15.7. The van der Waals surface area contributed by atoms with Crippen LogP contribution in [0.25, 0.3) is 6.08 Å². The molecular formula is C19H26N2O5S. The molecule has 0 saturated carbocycles. The second-order valence-electron chi connectivity index (χ2n) is 6.28. The molecule has 0 spiro atoms. The van der Waals surface area contributed by atoms with Crippen molar-refractivity contribution < 1.29 is 22.7 Å². The molecule has 1 saturated heterocycles. The first-order valence-corrected chi connectivity index (χ1v) is 10.7. The number of carbonyl (C=O) groups is 2. The maximum absolute atomic E-state index is 12.6. The van der Waals surface area contributed by atoms with Crippen LogP contribution in [-0.4, -0.2) is 49.5 Å². The van der Waals surface area contributed by atoms with Crippen LogP contribution in [0.3, 0.4) is 0 Å². The largest absolute Gasteiger partial charge is 0.463 e. The van der Waals surface area contributed by atoms with Gasteiger partial charge in [-0.3, -0.25) is 4.79 Å². The molecule has 1 unspecified atom stereocenters. The van der Waals surface area contributed by atoms with Crippen LogP contribution in [0.2, 0.25) is 0 Å². The van der Waals surface area contributed by atoms with E-state index in [1.165, 1.54) is 10.4 Å². The van der Waals surface area contributed by atoms with Gasteiger partial charge in [-0.15, -0.1) is 0 Å². The van der Waals surface area contributed by atoms with Crippen molar-refractivity contribution in [2.75, 3.05) is 24.2 Å². The third-order valence-electron chi connectivity index (χ3n) is 4.20. The molecule has 8 heteroatoms. The fourth-order valence-electron chi connectivity index (χ4n) is 2.97. The first kappa shape index (κ1) is 21.1. The van der Waals surface area contributed by atoms with Gasteiger partial charge in [0, 0.05) is 18.3 Å². The van der Waals surface area contributed by atoms with Crippen LogP contribution < -0.4 is 5.32 Å². The predicted octanol–water partition coefficient (Wildman–Crippen LogP) is 2.41. The lowest BCUT2D eigenvalue weighted by atomic mass is 10.1. The van der Waals surface area contributed by atoms with Crippen molar-refractivity contribution in [1.29, 1.82) is 0 Å². The van der Waals surface area contributed by atoms with Crippen molar-refractivity contribution in [2.24, 2.45) is 0 Å². The number of sulfonamides is 1. The molecule has 0 aromatic heterocycles. The summed E-state index contributed by atoms with van der Waals surface area (Å²) in [6.45, 7) is 4.25. The Bertz CT molecular complexity index is 787. The number of anilines is 1. The Balaban J connectivity index is 2.00. The summed E-state index contributed by atoms with van der Waals surface area (Å²) in [5, 5.41) is 2.78. The Hall–Kier alpha value is -2.19. The van der Waals surface area contributed by atoms with Crippen molar-refractivity contribution >= 4 is 33.7 Å². The van der Waals surface area contributed by atoms with E-state index in [1.807, 2.05) is 0 Å². The minimum atomic E-state index is -3.40. The van der Waals surface area contributed by atoms with E-state index in [4.69, 9.17) is 4.74 Å². The molecule has 1 aliphatic heterocycles. The Kier molecular flexibility index (Phi) is 7.55. The van der Waals surface area contributed by atoms with Crippen LogP contribution in [-0.2, 0) is 24.3 Å². The lowest BCUT2D eigenvalue weighted by Crippen LogP contribution is -2.44. The summed E-state index contributed by atoms with van der Waals surface area (Å²) in [5.41, 5.74) is 1.36. The summed E-state index contributed by atoms with van der Waals surface area (Å²) in [6.07, 6.45) is 4.69. The molecule has 1 heterocycles. The molecule has 7 nitrogen and oxygen atoms in total. The van der Waals surface area contributed by atoms with Gasteiger partial charge in [0.15, 0.2) is 0 Å². The van der Waals surface area contributed by atoms with Crippen molar-refractivity contribution in [3.63, 3.8) is 0 Å². The van der Waals surface area contributed by atoms with E-state index in [0.29, 0.717) is 38.1 Å². The van der Waals surface area contributed by atoms with Gasteiger partial charge in [-0.05, 0) is 50.0 Å². The maximum Gasteiger partial charge on any atom is 0.330 e. The molecule has 2 rings (SSSR count). The summed E-state index contributed by atoms with van der Waals surface area (Å²) in [7, 11) is -3.40. The number of nitrogens with one attached hydrogen (secondary N) is 1. The SMILES string of the molecule is CCCS(=O)(=O)N1CCCC1C(=O)Nc1ccc(/C=C/C(=O)OCC)cc1. The number of carbonyl (C=O) groups excluding carboxylic acids is 2. The summed E-state index contributed by atoms with van der Waals surface area (Å²) >= 11 is 0. The van der Waals surface area contributed by atoms with Crippen LogP contribution in [0.4, 0.5) is 5.69 Å². The molecule has 0 bridgehead atoms. The van der Waals surface area contributed by atoms with Gasteiger partial charge in [0.05, 0.1) is 12.4 Å². The average molecular weight is 394 g/mol. The highest BCUT2D eigenvalue weighted by Crippen LogP contribution is 2.23. The fourth-order valence-corrected chi connectivity index (χ4v) is 4.71. The predicted molar refractivity (Wildman–Crippen MR) is 105 cm³/mol. The maximum atomic E-state index is 12.6. The van der Waals surface area contributed by atoms with E-state index in [1.54, 1.807) is 44.2 Å². The zero-order chi connectivity index (χ0) is 19.9. The molecule has 0 aliphatic carbocycles. The van der Waals surface area contributed by atoms with Crippen LogP contribution in [0, 0.1) is 0 Å². The molecule has 27 heavy (non-hydrogen) atoms. The van der Waals surface area contributed by atoms with Crippen LogP contribution >= 0.6 is 0 Å². The Morgan fingerprint density at radius 2 is 1.96 bits per heavy atom. The highest BCUT2D eigenvalue weighted by Gasteiger charge is 2.37. The normalized spacial score (nSPS) is 17.9. The lowest BCUT2D eigenvalue weighted by Gasteiger charge is -2.23. The molecular weight excluding hydrogens is 368 g/mol. The second-order valence-corrected chi connectivity index (χ2v) is 8.32. The minimum Gasteiger partial charge on any atom is -0.463 e. The van der Waals surface area contributed by atoms with Crippen molar-refractivity contribution in [2.45, 2.75) is 39.2 Å². The van der Waals surface area contributed by atoms with Gasteiger partial charge in [-0.2, -0.15) is 4.31 Å². The third kappa shape index (κ3) is 5.90. The van der Waals surface area contributed by atoms with E-state index in [-0.39, 0.29) is 11.7 Å². The molecule has 1 N–H and O–H groups in total. The minimum absolute atomic E-state index is 0.0538. The van der Waals surface area contributed by atoms with E-state index >= 15 is 0 Å². The number of hydrogen-bond donors (Lipinski definition) is 1. The molecule has 1 aromatic rings. The molecule has 1 fully saturated rings. The number of esters is 1. The third-order valence-corrected chi connectivity index (χ3v) is 6.28. The number of ether oxygens (including phenoxy) is 1. The number of hydrogen-bond acceptors (Lipinski definition) is 5. The summed E-state index contributed by atoms with van der Waals surface area (Å²) in [5.74, 6) is -0.676. The number of amides is 1. The molecule has 1 atom stereocenters. The van der Waals surface area contributed by atoms with E-state index in [9.17, 15) is 18.0 Å². The molecule has 1 aromatic carbocycles. The topological polar surface area (TPSA) is 92.8 Å². The molecule has 0 radical (unpaired) electrons. The first-order chi connectivity index (χ1) is 12.9. The van der Waals surface area contributed by atoms with Gasteiger partial charge in [0.2, 0.25) is 15.9 Å².